The molecule has 106 valence electrons. The number of nitrogens with zero attached hydrogens (tertiary/aromatic N) is 3. The molecule has 1 unspecified atom stereocenters. The second kappa shape index (κ2) is 6.20. The van der Waals surface area contributed by atoms with Crippen molar-refractivity contribution in [2.24, 2.45) is 11.7 Å². The quantitative estimate of drug-likeness (QED) is 0.913. The van der Waals surface area contributed by atoms with Gasteiger partial charge in [-0.3, -0.25) is 0 Å². The van der Waals surface area contributed by atoms with E-state index in [4.69, 9.17) is 5.73 Å². The summed E-state index contributed by atoms with van der Waals surface area (Å²) in [5, 5.41) is 3.23. The minimum atomic E-state index is 0.358. The molecule has 0 saturated carbocycles. The molecule has 1 atom stereocenters. The van der Waals surface area contributed by atoms with E-state index in [0.29, 0.717) is 12.0 Å². The van der Waals surface area contributed by atoms with Gasteiger partial charge in [0.05, 0.1) is 0 Å². The number of nitrogens with two attached hydrogens (primary N) is 1. The third-order valence-corrected chi connectivity index (χ3v) is 5.33. The average Bonchev–Trinajstić information content (AvgIpc) is 3.12. The van der Waals surface area contributed by atoms with Crippen molar-refractivity contribution in [2.75, 3.05) is 37.6 Å². The number of rotatable bonds is 4. The van der Waals surface area contributed by atoms with E-state index >= 15 is 0 Å². The summed E-state index contributed by atoms with van der Waals surface area (Å²) in [5.74, 6) is 0.691. The molecule has 2 fully saturated rings. The Balaban J connectivity index is 1.46. The summed E-state index contributed by atoms with van der Waals surface area (Å²) in [6, 6.07) is 0.358. The summed E-state index contributed by atoms with van der Waals surface area (Å²) in [6.07, 6.45) is 7.04. The van der Waals surface area contributed by atoms with Gasteiger partial charge in [0.1, 0.15) is 0 Å². The Morgan fingerprint density at radius 1 is 1.26 bits per heavy atom. The first-order valence-corrected chi connectivity index (χ1v) is 8.33. The van der Waals surface area contributed by atoms with Gasteiger partial charge in [-0.15, -0.1) is 11.3 Å². The molecule has 0 bridgehead atoms. The highest BCUT2D eigenvalue weighted by Gasteiger charge is 2.27. The lowest BCUT2D eigenvalue weighted by atomic mass is 9.90. The third kappa shape index (κ3) is 3.27. The van der Waals surface area contributed by atoms with Crippen LogP contribution in [0.5, 0.6) is 0 Å². The zero-order valence-electron chi connectivity index (χ0n) is 11.5. The fourth-order valence-corrected chi connectivity index (χ4v) is 4.00. The van der Waals surface area contributed by atoms with E-state index in [1.165, 1.54) is 43.9 Å². The number of hydrogen-bond donors (Lipinski definition) is 1. The first-order chi connectivity index (χ1) is 9.33. The molecule has 1 aromatic rings. The van der Waals surface area contributed by atoms with Crippen molar-refractivity contribution in [3.63, 3.8) is 0 Å². The molecule has 4 nitrogen and oxygen atoms in total. The van der Waals surface area contributed by atoms with Gasteiger partial charge in [-0.2, -0.15) is 0 Å². The Morgan fingerprint density at radius 2 is 2.00 bits per heavy atom. The number of hydrogen-bond acceptors (Lipinski definition) is 5. The van der Waals surface area contributed by atoms with Gasteiger partial charge in [-0.05, 0) is 44.7 Å². The van der Waals surface area contributed by atoms with Crippen LogP contribution in [0.15, 0.2) is 11.6 Å². The van der Waals surface area contributed by atoms with Crippen molar-refractivity contribution in [3.05, 3.63) is 11.6 Å². The molecular formula is C14H24N4S. The summed E-state index contributed by atoms with van der Waals surface area (Å²) < 4.78 is 0. The molecule has 2 saturated heterocycles. The minimum Gasteiger partial charge on any atom is -0.348 e. The van der Waals surface area contributed by atoms with Crippen LogP contribution in [0.25, 0.3) is 0 Å². The van der Waals surface area contributed by atoms with Crippen molar-refractivity contribution in [2.45, 2.75) is 31.7 Å². The number of anilines is 1. The van der Waals surface area contributed by atoms with Crippen LogP contribution in [0.2, 0.25) is 0 Å². The molecule has 1 aromatic heterocycles. The molecule has 3 heterocycles. The maximum atomic E-state index is 6.42. The summed E-state index contributed by atoms with van der Waals surface area (Å²) in [7, 11) is 0. The molecule has 19 heavy (non-hydrogen) atoms. The van der Waals surface area contributed by atoms with Crippen molar-refractivity contribution < 1.29 is 0 Å². The molecule has 0 aliphatic carbocycles. The van der Waals surface area contributed by atoms with Gasteiger partial charge in [-0.25, -0.2) is 4.98 Å². The monoisotopic (exact) mass is 280 g/mol. The van der Waals surface area contributed by atoms with Gasteiger partial charge < -0.3 is 15.5 Å². The molecule has 0 aromatic carbocycles. The number of likely N-dealkylation sites (tertiary alicyclic amines) is 1. The molecule has 0 amide bonds. The van der Waals surface area contributed by atoms with Crippen molar-refractivity contribution in [3.8, 4) is 0 Å². The predicted molar refractivity (Wildman–Crippen MR) is 80.7 cm³/mol. The lowest BCUT2D eigenvalue weighted by Gasteiger charge is -2.35. The van der Waals surface area contributed by atoms with E-state index in [2.05, 4.69) is 20.2 Å². The molecule has 2 N–H and O–H groups in total. The second-order valence-electron chi connectivity index (χ2n) is 5.81. The molecule has 0 radical (unpaired) electrons. The Morgan fingerprint density at radius 3 is 2.63 bits per heavy atom. The van der Waals surface area contributed by atoms with Gasteiger partial charge in [0.25, 0.3) is 0 Å². The fourth-order valence-electron chi connectivity index (χ4n) is 3.30. The van der Waals surface area contributed by atoms with Gasteiger partial charge >= 0.3 is 0 Å². The number of piperidine rings is 1. The smallest absolute Gasteiger partial charge is 0.185 e. The minimum absolute atomic E-state index is 0.358. The van der Waals surface area contributed by atoms with E-state index in [-0.39, 0.29) is 0 Å². The normalized spacial score (nSPS) is 23.9. The third-order valence-electron chi connectivity index (χ3n) is 4.50. The fraction of sp³-hybridized carbons (Fsp3) is 0.786. The van der Waals surface area contributed by atoms with Crippen molar-refractivity contribution in [1.29, 1.82) is 0 Å². The van der Waals surface area contributed by atoms with E-state index in [1.807, 2.05) is 6.20 Å². The van der Waals surface area contributed by atoms with E-state index in [0.717, 1.165) is 19.6 Å². The van der Waals surface area contributed by atoms with Gasteiger partial charge in [0, 0.05) is 37.3 Å². The number of aromatic nitrogens is 1. The average molecular weight is 280 g/mol. The summed E-state index contributed by atoms with van der Waals surface area (Å²) >= 11 is 1.74. The molecule has 0 spiro atoms. The van der Waals surface area contributed by atoms with E-state index < -0.39 is 0 Å². The van der Waals surface area contributed by atoms with Crippen LogP contribution in [0, 0.1) is 5.92 Å². The topological polar surface area (TPSA) is 45.4 Å². The van der Waals surface area contributed by atoms with E-state index in [9.17, 15) is 0 Å². The Labute approximate surface area is 119 Å². The highest BCUT2D eigenvalue weighted by molar-refractivity contribution is 7.13. The molecular weight excluding hydrogens is 256 g/mol. The standard InChI is InChI=1S/C14H24N4S/c15-13(11-17-6-1-2-7-17)12-3-8-18(9-4-12)14-16-5-10-19-14/h5,10,12-13H,1-4,6-9,11,15H2. The molecule has 2 aliphatic rings. The zero-order valence-corrected chi connectivity index (χ0v) is 12.3. The van der Waals surface area contributed by atoms with Crippen LogP contribution < -0.4 is 10.6 Å². The van der Waals surface area contributed by atoms with Crippen molar-refractivity contribution >= 4 is 16.5 Å². The van der Waals surface area contributed by atoms with Crippen LogP contribution in [0.1, 0.15) is 25.7 Å². The maximum Gasteiger partial charge on any atom is 0.185 e. The SMILES string of the molecule is NC(CN1CCCC1)C1CCN(c2nccs2)CC1. The summed E-state index contributed by atoms with van der Waals surface area (Å²) in [4.78, 5) is 9.34. The van der Waals surface area contributed by atoms with Crippen LogP contribution in [-0.2, 0) is 0 Å². The second-order valence-corrected chi connectivity index (χ2v) is 6.68. The van der Waals surface area contributed by atoms with Crippen LogP contribution >= 0.6 is 11.3 Å². The first kappa shape index (κ1) is 13.3. The highest BCUT2D eigenvalue weighted by atomic mass is 32.1. The van der Waals surface area contributed by atoms with Gasteiger partial charge in [0.2, 0.25) is 0 Å². The summed E-state index contributed by atoms with van der Waals surface area (Å²) in [5.41, 5.74) is 6.42. The largest absolute Gasteiger partial charge is 0.348 e. The van der Waals surface area contributed by atoms with E-state index in [1.54, 1.807) is 11.3 Å². The number of thiazole rings is 1. The van der Waals surface area contributed by atoms with Crippen molar-refractivity contribution in [1.82, 2.24) is 9.88 Å². The Bertz CT molecular complexity index is 367. The van der Waals surface area contributed by atoms with Gasteiger partial charge in [0.15, 0.2) is 5.13 Å². The lowest BCUT2D eigenvalue weighted by Crippen LogP contribution is -2.46. The molecule has 5 heteroatoms. The first-order valence-electron chi connectivity index (χ1n) is 7.45. The molecule has 2 aliphatic heterocycles. The van der Waals surface area contributed by atoms with Crippen LogP contribution in [0.4, 0.5) is 5.13 Å². The summed E-state index contributed by atoms with van der Waals surface area (Å²) in [6.45, 7) is 5.84. The maximum absolute atomic E-state index is 6.42. The zero-order chi connectivity index (χ0) is 13.1. The Kier molecular flexibility index (Phi) is 4.35. The molecule has 3 rings (SSSR count). The van der Waals surface area contributed by atoms with Crippen LogP contribution in [-0.4, -0.2) is 48.6 Å². The lowest BCUT2D eigenvalue weighted by molar-refractivity contribution is 0.247. The van der Waals surface area contributed by atoms with Gasteiger partial charge in [-0.1, -0.05) is 0 Å². The highest BCUT2D eigenvalue weighted by Crippen LogP contribution is 2.26. The predicted octanol–water partition coefficient (Wildman–Crippen LogP) is 1.78. The van der Waals surface area contributed by atoms with Crippen LogP contribution in [0.3, 0.4) is 0 Å². The Hall–Kier alpha value is -0.650.